The zero-order valence-corrected chi connectivity index (χ0v) is 23.4. The minimum Gasteiger partial charge on any atom is -0.441 e. The number of rotatable bonds is 9. The highest BCUT2D eigenvalue weighted by Crippen LogP contribution is 2.31. The molecular weight excluding hydrogens is 500 g/mol. The molecular formula is C34H36N2O4. The van der Waals surface area contributed by atoms with E-state index >= 15 is 0 Å². The fourth-order valence-corrected chi connectivity index (χ4v) is 4.53. The summed E-state index contributed by atoms with van der Waals surface area (Å²) in [5, 5.41) is 0. The molecule has 0 spiro atoms. The molecule has 6 nitrogen and oxygen atoms in total. The molecule has 2 unspecified atom stereocenters. The second-order valence-corrected chi connectivity index (χ2v) is 10.2. The van der Waals surface area contributed by atoms with Crippen LogP contribution in [-0.4, -0.2) is 24.4 Å². The molecule has 4 rings (SSSR count). The van der Waals surface area contributed by atoms with Gasteiger partial charge in [0.25, 0.3) is 0 Å². The Morgan fingerprint density at radius 2 is 0.675 bits per heavy atom. The number of hydrogen-bond donors (Lipinski definition) is 0. The topological polar surface area (TPSA) is 59.1 Å². The highest BCUT2D eigenvalue weighted by Gasteiger charge is 2.37. The van der Waals surface area contributed by atoms with Crippen LogP contribution in [0, 0.1) is 11.8 Å². The number of carbonyl (C=O) groups excluding carboxylic acids is 2. The van der Waals surface area contributed by atoms with Gasteiger partial charge in [-0.2, -0.15) is 0 Å². The van der Waals surface area contributed by atoms with Gasteiger partial charge in [0.2, 0.25) is 0 Å². The van der Waals surface area contributed by atoms with E-state index in [0.29, 0.717) is 22.7 Å². The zero-order valence-electron chi connectivity index (χ0n) is 23.4. The van der Waals surface area contributed by atoms with Gasteiger partial charge in [-0.15, -0.1) is 0 Å². The molecule has 0 aromatic heterocycles. The van der Waals surface area contributed by atoms with Crippen LogP contribution in [0.3, 0.4) is 0 Å². The third kappa shape index (κ3) is 6.89. The Kier molecular flexibility index (Phi) is 9.57. The Balaban J connectivity index is 1.63. The Morgan fingerprint density at radius 3 is 0.875 bits per heavy atom. The average molecular weight is 537 g/mol. The molecule has 2 atom stereocenters. The van der Waals surface area contributed by atoms with Crippen molar-refractivity contribution in [3.8, 4) is 0 Å². The molecule has 40 heavy (non-hydrogen) atoms. The number of hydrogen-bond acceptors (Lipinski definition) is 4. The van der Waals surface area contributed by atoms with E-state index in [4.69, 9.17) is 9.47 Å². The third-order valence-corrected chi connectivity index (χ3v) is 6.53. The summed E-state index contributed by atoms with van der Waals surface area (Å²) in [7, 11) is 0. The molecule has 0 saturated heterocycles. The maximum atomic E-state index is 13.8. The first kappa shape index (κ1) is 28.4. The normalized spacial score (nSPS) is 12.4. The van der Waals surface area contributed by atoms with E-state index < -0.39 is 24.4 Å². The first-order chi connectivity index (χ1) is 19.4. The minimum atomic E-state index is -0.695. The van der Waals surface area contributed by atoms with E-state index in [1.54, 1.807) is 0 Å². The fourth-order valence-electron chi connectivity index (χ4n) is 4.53. The van der Waals surface area contributed by atoms with Gasteiger partial charge < -0.3 is 9.47 Å². The number of ether oxygens (including phenoxy) is 2. The Hall–Kier alpha value is -4.58. The average Bonchev–Trinajstić information content (AvgIpc) is 2.97. The molecule has 0 N–H and O–H groups in total. The van der Waals surface area contributed by atoms with Gasteiger partial charge in [-0.3, -0.25) is 0 Å². The first-order valence-electron chi connectivity index (χ1n) is 13.6. The van der Waals surface area contributed by atoms with Crippen LogP contribution in [0.5, 0.6) is 0 Å². The van der Waals surface area contributed by atoms with Gasteiger partial charge in [0.15, 0.2) is 0 Å². The highest BCUT2D eigenvalue weighted by molar-refractivity contribution is 5.97. The van der Waals surface area contributed by atoms with Crippen molar-refractivity contribution < 1.29 is 19.1 Å². The SMILES string of the molecule is CC(C)C(OC(=O)N(c1ccccc1)c1ccccc1)C(OC(=O)N(c1ccccc1)c1ccccc1)C(C)C. The monoisotopic (exact) mass is 536 g/mol. The lowest BCUT2D eigenvalue weighted by atomic mass is 9.93. The van der Waals surface area contributed by atoms with Crippen molar-refractivity contribution in [2.45, 2.75) is 39.9 Å². The van der Waals surface area contributed by atoms with Crippen LogP contribution in [0.2, 0.25) is 0 Å². The van der Waals surface area contributed by atoms with Crippen molar-refractivity contribution in [2.75, 3.05) is 9.80 Å². The van der Waals surface area contributed by atoms with Gasteiger partial charge in [0.1, 0.15) is 12.2 Å². The van der Waals surface area contributed by atoms with E-state index in [2.05, 4.69) is 0 Å². The molecule has 6 heteroatoms. The van der Waals surface area contributed by atoms with Gasteiger partial charge in [0.05, 0.1) is 22.7 Å². The predicted octanol–water partition coefficient (Wildman–Crippen LogP) is 8.99. The number of amides is 2. The highest BCUT2D eigenvalue weighted by atomic mass is 16.6. The lowest BCUT2D eigenvalue weighted by molar-refractivity contribution is -0.0449. The number of benzene rings is 4. The fraction of sp³-hybridized carbons (Fsp3) is 0.235. The van der Waals surface area contributed by atoms with Crippen molar-refractivity contribution in [2.24, 2.45) is 11.8 Å². The second kappa shape index (κ2) is 13.5. The Morgan fingerprint density at radius 1 is 0.450 bits per heavy atom. The number of anilines is 4. The summed E-state index contributed by atoms with van der Waals surface area (Å²) < 4.78 is 12.4. The molecule has 4 aromatic carbocycles. The standard InChI is InChI=1S/C34H36N2O4/c1-25(2)31(39-33(37)35(27-17-9-5-10-18-27)28-19-11-6-12-20-28)32(26(3)4)40-34(38)36(29-21-13-7-14-22-29)30-23-15-8-16-24-30/h5-26,31-32H,1-4H3. The van der Waals surface area contributed by atoms with Gasteiger partial charge in [-0.05, 0) is 60.4 Å². The smallest absolute Gasteiger partial charge is 0.419 e. The van der Waals surface area contributed by atoms with Crippen LogP contribution in [0.1, 0.15) is 27.7 Å². The van der Waals surface area contributed by atoms with Gasteiger partial charge in [-0.25, -0.2) is 19.4 Å². The Labute approximate surface area is 236 Å². The quantitative estimate of drug-likeness (QED) is 0.214. The number of carbonyl (C=O) groups is 2. The molecule has 0 bridgehead atoms. The summed E-state index contributed by atoms with van der Waals surface area (Å²) in [6.07, 6.45) is -2.47. The van der Waals surface area contributed by atoms with E-state index in [1.807, 2.05) is 149 Å². The van der Waals surface area contributed by atoms with E-state index in [-0.39, 0.29) is 11.8 Å². The number of para-hydroxylation sites is 4. The van der Waals surface area contributed by atoms with Gasteiger partial charge >= 0.3 is 12.2 Å². The summed E-state index contributed by atoms with van der Waals surface area (Å²) >= 11 is 0. The van der Waals surface area contributed by atoms with Crippen LogP contribution >= 0.6 is 0 Å². The minimum absolute atomic E-state index is 0.126. The molecule has 2 amide bonds. The molecule has 0 aliphatic heterocycles. The largest absolute Gasteiger partial charge is 0.441 e. The van der Waals surface area contributed by atoms with Crippen LogP contribution in [0.25, 0.3) is 0 Å². The van der Waals surface area contributed by atoms with Gasteiger partial charge in [0, 0.05) is 0 Å². The predicted molar refractivity (Wildman–Crippen MR) is 160 cm³/mol. The van der Waals surface area contributed by atoms with Crippen molar-refractivity contribution in [3.63, 3.8) is 0 Å². The maximum absolute atomic E-state index is 13.8. The van der Waals surface area contributed by atoms with Crippen LogP contribution in [0.15, 0.2) is 121 Å². The maximum Gasteiger partial charge on any atom is 0.419 e. The van der Waals surface area contributed by atoms with Crippen LogP contribution < -0.4 is 9.80 Å². The third-order valence-electron chi connectivity index (χ3n) is 6.53. The molecule has 0 aliphatic rings. The zero-order chi connectivity index (χ0) is 28.5. The van der Waals surface area contributed by atoms with Crippen molar-refractivity contribution >= 4 is 34.9 Å². The van der Waals surface area contributed by atoms with E-state index in [9.17, 15) is 9.59 Å². The summed E-state index contributed by atoms with van der Waals surface area (Å²) in [5.41, 5.74) is 2.72. The molecule has 0 fully saturated rings. The summed E-state index contributed by atoms with van der Waals surface area (Å²) in [6, 6.07) is 37.4. The van der Waals surface area contributed by atoms with Crippen LogP contribution in [-0.2, 0) is 9.47 Å². The van der Waals surface area contributed by atoms with E-state index in [1.165, 1.54) is 9.80 Å². The summed E-state index contributed by atoms with van der Waals surface area (Å²) in [5.74, 6) is -0.251. The lowest BCUT2D eigenvalue weighted by Gasteiger charge is -2.35. The van der Waals surface area contributed by atoms with Crippen molar-refractivity contribution in [1.82, 2.24) is 0 Å². The second-order valence-electron chi connectivity index (χ2n) is 10.2. The molecule has 0 heterocycles. The van der Waals surface area contributed by atoms with Crippen LogP contribution in [0.4, 0.5) is 32.3 Å². The number of nitrogens with zero attached hydrogens (tertiary/aromatic N) is 2. The molecule has 4 aromatic rings. The molecule has 0 aliphatic carbocycles. The lowest BCUT2D eigenvalue weighted by Crippen LogP contribution is -2.46. The molecule has 206 valence electrons. The summed E-state index contributed by atoms with van der Waals surface area (Å²) in [4.78, 5) is 30.7. The van der Waals surface area contributed by atoms with Crippen molar-refractivity contribution in [3.05, 3.63) is 121 Å². The van der Waals surface area contributed by atoms with Gasteiger partial charge in [-0.1, -0.05) is 100 Å². The first-order valence-corrected chi connectivity index (χ1v) is 13.6. The molecule has 0 saturated carbocycles. The summed E-state index contributed by atoms with van der Waals surface area (Å²) in [6.45, 7) is 7.84. The van der Waals surface area contributed by atoms with E-state index in [0.717, 1.165) is 0 Å². The molecule has 0 radical (unpaired) electrons. The Bertz CT molecular complexity index is 1160. The van der Waals surface area contributed by atoms with Crippen molar-refractivity contribution in [1.29, 1.82) is 0 Å².